The third-order valence-corrected chi connectivity index (χ3v) is 11.7. The zero-order valence-corrected chi connectivity index (χ0v) is 24.6. The van der Waals surface area contributed by atoms with E-state index in [-0.39, 0.29) is 17.1 Å². The quantitative estimate of drug-likeness (QED) is 0.117. The molecule has 2 heterocycles. The highest BCUT2D eigenvalue weighted by Gasteiger charge is 2.55. The number of hydrogen-bond acceptors (Lipinski definition) is 9. The van der Waals surface area contributed by atoms with E-state index in [1.807, 2.05) is 6.92 Å². The Morgan fingerprint density at radius 2 is 1.60 bits per heavy atom. The average molecular weight is 665 g/mol. The lowest BCUT2D eigenvalue weighted by atomic mass is 10.3. The van der Waals surface area contributed by atoms with E-state index in [0.29, 0.717) is 17.4 Å². The van der Waals surface area contributed by atoms with Crippen LogP contribution in [-0.2, 0) is 20.4 Å². The fourth-order valence-electron chi connectivity index (χ4n) is 3.74. The predicted octanol–water partition coefficient (Wildman–Crippen LogP) is 5.70. The number of halogens is 6. The minimum Gasteiger partial charge on any atom is -0.494 e. The van der Waals surface area contributed by atoms with Gasteiger partial charge in [0, 0.05) is 4.90 Å². The standard InChI is InChI=1S/C22H27F6N5O6P2S/c1-3-8-38-14-4-6-15(7-5-14)42-18-16-17(31-19(29)32-18)33(12-30-16)9-13(2)39-20(40(34,35)10-21(23,24)25)41(36,37)11-22(26,27)28/h4-7,12-13,20H,3,8-11H2,1-2H3,(H,34,35)(H,36,37)(H2,29,31,32). The zero-order chi connectivity index (χ0) is 31.5. The summed E-state index contributed by atoms with van der Waals surface area (Å²) >= 11 is 1.18. The van der Waals surface area contributed by atoms with Crippen LogP contribution < -0.4 is 10.5 Å². The maximum atomic E-state index is 12.9. The Kier molecular flexibility index (Phi) is 10.6. The van der Waals surface area contributed by atoms with Gasteiger partial charge < -0.3 is 29.6 Å². The number of hydrogen-bond donors (Lipinski definition) is 3. The van der Waals surface area contributed by atoms with Crippen LogP contribution in [0.25, 0.3) is 11.2 Å². The normalized spacial score (nSPS) is 17.0. The molecular formula is C22H27F6N5O6P2S. The Balaban J connectivity index is 1.87. The number of nitrogen functional groups attached to an aromatic ring is 1. The molecule has 0 saturated heterocycles. The number of rotatable bonds is 13. The van der Waals surface area contributed by atoms with Gasteiger partial charge in [-0.2, -0.15) is 31.3 Å². The minimum absolute atomic E-state index is 0.102. The molecule has 1 aromatic carbocycles. The van der Waals surface area contributed by atoms with Crippen molar-refractivity contribution < 1.29 is 54.7 Å². The number of anilines is 1. The molecule has 0 fully saturated rings. The van der Waals surface area contributed by atoms with E-state index in [9.17, 15) is 45.3 Å². The molecule has 0 aliphatic rings. The SMILES string of the molecule is CCCOc1ccc(Sc2nc(N)nc3c2ncn3CC(C)OC(P(=O)(O)CC(F)(F)F)P(=O)(O)CC(F)(F)F)cc1. The van der Waals surface area contributed by atoms with Gasteiger partial charge in [0.1, 0.15) is 28.6 Å². The summed E-state index contributed by atoms with van der Waals surface area (Å²) in [5.74, 6) is 0.478. The smallest absolute Gasteiger partial charge is 0.398 e. The second kappa shape index (κ2) is 13.1. The molecule has 3 atom stereocenters. The molecule has 0 radical (unpaired) electrons. The first-order chi connectivity index (χ1) is 19.3. The number of alkyl halides is 6. The lowest BCUT2D eigenvalue weighted by Gasteiger charge is -2.30. The molecule has 0 saturated carbocycles. The maximum absolute atomic E-state index is 12.9. The van der Waals surface area contributed by atoms with Gasteiger partial charge in [0.2, 0.25) is 26.3 Å². The summed E-state index contributed by atoms with van der Waals surface area (Å²) < 4.78 is 114. The fourth-order valence-corrected chi connectivity index (χ4v) is 9.50. The summed E-state index contributed by atoms with van der Waals surface area (Å²) in [4.78, 5) is 33.2. The number of nitrogens with two attached hydrogens (primary N) is 1. The van der Waals surface area contributed by atoms with Crippen molar-refractivity contribution in [2.45, 2.75) is 60.8 Å². The van der Waals surface area contributed by atoms with Crippen LogP contribution in [0.2, 0.25) is 0 Å². The first kappa shape index (κ1) is 34.1. The molecule has 0 aliphatic heterocycles. The minimum atomic E-state index is -5.83. The van der Waals surface area contributed by atoms with Gasteiger partial charge in [0.15, 0.2) is 5.65 Å². The Labute approximate surface area is 239 Å². The van der Waals surface area contributed by atoms with Crippen molar-refractivity contribution in [3.8, 4) is 5.75 Å². The highest BCUT2D eigenvalue weighted by molar-refractivity contribution is 7.99. The maximum Gasteiger partial charge on any atom is 0.398 e. The molecule has 11 nitrogen and oxygen atoms in total. The van der Waals surface area contributed by atoms with Crippen molar-refractivity contribution >= 4 is 43.6 Å². The van der Waals surface area contributed by atoms with Gasteiger partial charge in [-0.15, -0.1) is 0 Å². The Bertz CT molecular complexity index is 1440. The van der Waals surface area contributed by atoms with Crippen molar-refractivity contribution in [2.24, 2.45) is 0 Å². The summed E-state index contributed by atoms with van der Waals surface area (Å²) in [6, 6.07) is 7.06. The molecule has 0 bridgehead atoms. The van der Waals surface area contributed by atoms with E-state index >= 15 is 0 Å². The zero-order valence-electron chi connectivity index (χ0n) is 22.0. The topological polar surface area (TPSA) is 163 Å². The van der Waals surface area contributed by atoms with Gasteiger partial charge >= 0.3 is 12.4 Å². The second-order valence-electron chi connectivity index (χ2n) is 9.21. The van der Waals surface area contributed by atoms with Crippen LogP contribution in [0.1, 0.15) is 20.3 Å². The molecule has 20 heteroatoms. The molecule has 0 amide bonds. The molecule has 3 unspecified atom stereocenters. The summed E-state index contributed by atoms with van der Waals surface area (Å²) in [5.41, 5.74) is 3.03. The molecule has 3 aromatic rings. The largest absolute Gasteiger partial charge is 0.494 e. The summed E-state index contributed by atoms with van der Waals surface area (Å²) in [5, 5.41) is 0.319. The van der Waals surface area contributed by atoms with Crippen LogP contribution in [0.3, 0.4) is 0 Å². The van der Waals surface area contributed by atoms with Crippen molar-refractivity contribution in [3.63, 3.8) is 0 Å². The van der Waals surface area contributed by atoms with Crippen LogP contribution in [0.5, 0.6) is 5.75 Å². The van der Waals surface area contributed by atoms with E-state index in [0.717, 1.165) is 18.2 Å². The van der Waals surface area contributed by atoms with Crippen molar-refractivity contribution in [1.82, 2.24) is 19.5 Å². The first-order valence-corrected chi connectivity index (χ1v) is 16.7. The van der Waals surface area contributed by atoms with Gasteiger partial charge in [0.25, 0.3) is 0 Å². The number of imidazole rings is 1. The third kappa shape index (κ3) is 9.58. The number of benzene rings is 1. The van der Waals surface area contributed by atoms with Crippen molar-refractivity contribution in [2.75, 3.05) is 24.7 Å². The highest BCUT2D eigenvalue weighted by atomic mass is 32.2. The van der Waals surface area contributed by atoms with Crippen LogP contribution >= 0.6 is 26.5 Å². The third-order valence-electron chi connectivity index (χ3n) is 5.27. The van der Waals surface area contributed by atoms with E-state index < -0.39 is 57.6 Å². The molecule has 42 heavy (non-hydrogen) atoms. The van der Waals surface area contributed by atoms with Crippen molar-refractivity contribution in [3.05, 3.63) is 30.6 Å². The molecule has 0 spiro atoms. The summed E-state index contributed by atoms with van der Waals surface area (Å²) in [7, 11) is -11.7. The van der Waals surface area contributed by atoms with E-state index in [2.05, 4.69) is 15.0 Å². The summed E-state index contributed by atoms with van der Waals surface area (Å²) in [6.07, 6.45) is -15.1. The van der Waals surface area contributed by atoms with E-state index in [1.165, 1.54) is 22.7 Å². The lowest BCUT2D eigenvalue weighted by molar-refractivity contribution is -0.109. The number of ether oxygens (including phenoxy) is 2. The lowest BCUT2D eigenvalue weighted by Crippen LogP contribution is -2.30. The number of nitrogens with zero attached hydrogens (tertiary/aromatic N) is 4. The highest BCUT2D eigenvalue weighted by Crippen LogP contribution is 2.67. The molecule has 234 valence electrons. The monoisotopic (exact) mass is 665 g/mol. The fraction of sp³-hybridized carbons (Fsp3) is 0.500. The Morgan fingerprint density at radius 3 is 2.12 bits per heavy atom. The van der Waals surface area contributed by atoms with Gasteiger partial charge in [-0.25, -0.2) is 9.97 Å². The number of aromatic nitrogens is 4. The van der Waals surface area contributed by atoms with Crippen LogP contribution in [0.15, 0.2) is 40.5 Å². The average Bonchev–Trinajstić information content (AvgIpc) is 3.21. The molecule has 3 rings (SSSR count). The number of fused-ring (bicyclic) bond motifs is 1. The van der Waals surface area contributed by atoms with Crippen molar-refractivity contribution in [1.29, 1.82) is 0 Å². The van der Waals surface area contributed by atoms with Gasteiger partial charge in [0.05, 0.1) is 25.6 Å². The Morgan fingerprint density at radius 1 is 1.02 bits per heavy atom. The van der Waals surface area contributed by atoms with Gasteiger partial charge in [-0.3, -0.25) is 9.13 Å². The van der Waals surface area contributed by atoms with E-state index in [4.69, 9.17) is 15.2 Å². The molecule has 2 aromatic heterocycles. The van der Waals surface area contributed by atoms with Gasteiger partial charge in [-0.05, 0) is 37.6 Å². The predicted molar refractivity (Wildman–Crippen MR) is 142 cm³/mol. The van der Waals surface area contributed by atoms with Crippen LogP contribution in [0.4, 0.5) is 32.3 Å². The van der Waals surface area contributed by atoms with E-state index in [1.54, 1.807) is 24.3 Å². The molecule has 4 N–H and O–H groups in total. The van der Waals surface area contributed by atoms with Gasteiger partial charge in [-0.1, -0.05) is 18.7 Å². The Hall–Kier alpha value is -2.36. The second-order valence-corrected chi connectivity index (χ2v) is 15.3. The summed E-state index contributed by atoms with van der Waals surface area (Å²) in [6.45, 7) is 3.24. The van der Waals surface area contributed by atoms with Crippen LogP contribution in [-0.4, -0.2) is 72.3 Å². The first-order valence-electron chi connectivity index (χ1n) is 12.1. The van der Waals surface area contributed by atoms with Crippen LogP contribution in [0, 0.1) is 0 Å². The molecular weight excluding hydrogens is 638 g/mol. The molecule has 0 aliphatic carbocycles.